The van der Waals surface area contributed by atoms with Crippen molar-refractivity contribution in [1.82, 2.24) is 10.6 Å². The second-order valence-electron chi connectivity index (χ2n) is 6.60. The van der Waals surface area contributed by atoms with Crippen LogP contribution in [0, 0.1) is 0 Å². The molecular formula is C24H24N2O3S. The standard InChI is InChI=1S/C24H24N2O3S/c1-29-20-12-5-8-18(16-20)9-6-14-25-24(28)22(17-21-13-7-15-30-21)26-23(27)19-10-3-2-4-11-19/h2-5,7-8,10-13,15-17H,6,9,14H2,1H3,(H,25,28)(H,26,27)/b22-17-. The first-order chi connectivity index (χ1) is 14.7. The van der Waals surface area contributed by atoms with Crippen molar-refractivity contribution >= 4 is 29.2 Å². The molecule has 0 spiro atoms. The quantitative estimate of drug-likeness (QED) is 0.401. The third-order valence-electron chi connectivity index (χ3n) is 4.42. The molecule has 30 heavy (non-hydrogen) atoms. The SMILES string of the molecule is COc1cccc(CCCNC(=O)/C(=C/c2cccs2)NC(=O)c2ccccc2)c1. The highest BCUT2D eigenvalue weighted by Gasteiger charge is 2.14. The van der Waals surface area contributed by atoms with Gasteiger partial charge < -0.3 is 15.4 Å². The van der Waals surface area contributed by atoms with Gasteiger partial charge in [-0.1, -0.05) is 36.4 Å². The van der Waals surface area contributed by atoms with E-state index in [1.54, 1.807) is 37.5 Å². The topological polar surface area (TPSA) is 67.4 Å². The molecule has 5 nitrogen and oxygen atoms in total. The molecule has 0 aliphatic carbocycles. The van der Waals surface area contributed by atoms with Gasteiger partial charge in [0.2, 0.25) is 0 Å². The zero-order chi connectivity index (χ0) is 21.2. The van der Waals surface area contributed by atoms with Gasteiger partial charge >= 0.3 is 0 Å². The van der Waals surface area contributed by atoms with Crippen molar-refractivity contribution in [2.45, 2.75) is 12.8 Å². The number of benzene rings is 2. The Labute approximate surface area is 180 Å². The molecule has 2 aromatic carbocycles. The van der Waals surface area contributed by atoms with Crippen molar-refractivity contribution < 1.29 is 14.3 Å². The van der Waals surface area contributed by atoms with E-state index in [1.807, 2.05) is 47.8 Å². The minimum atomic E-state index is -0.315. The maximum atomic E-state index is 12.7. The average molecular weight is 421 g/mol. The Kier molecular flexibility index (Phi) is 7.80. The van der Waals surface area contributed by atoms with Crippen LogP contribution >= 0.6 is 11.3 Å². The highest BCUT2D eigenvalue weighted by molar-refractivity contribution is 7.10. The van der Waals surface area contributed by atoms with Crippen molar-refractivity contribution in [2.24, 2.45) is 0 Å². The molecule has 2 N–H and O–H groups in total. The van der Waals surface area contributed by atoms with Gasteiger partial charge in [0.05, 0.1) is 7.11 Å². The molecule has 1 aromatic heterocycles. The summed E-state index contributed by atoms with van der Waals surface area (Å²) in [6, 6.07) is 20.5. The molecule has 2 amide bonds. The predicted molar refractivity (Wildman–Crippen MR) is 121 cm³/mol. The second-order valence-corrected chi connectivity index (χ2v) is 7.58. The zero-order valence-electron chi connectivity index (χ0n) is 16.8. The maximum Gasteiger partial charge on any atom is 0.267 e. The lowest BCUT2D eigenvalue weighted by molar-refractivity contribution is -0.117. The summed E-state index contributed by atoms with van der Waals surface area (Å²) in [7, 11) is 1.64. The van der Waals surface area contributed by atoms with E-state index in [9.17, 15) is 9.59 Å². The van der Waals surface area contributed by atoms with Crippen molar-refractivity contribution in [2.75, 3.05) is 13.7 Å². The third-order valence-corrected chi connectivity index (χ3v) is 5.24. The number of rotatable bonds is 9. The molecule has 0 aliphatic heterocycles. The van der Waals surface area contributed by atoms with Gasteiger partial charge in [0.25, 0.3) is 11.8 Å². The van der Waals surface area contributed by atoms with E-state index in [0.717, 1.165) is 29.0 Å². The number of nitrogens with one attached hydrogen (secondary N) is 2. The van der Waals surface area contributed by atoms with E-state index in [2.05, 4.69) is 10.6 Å². The maximum absolute atomic E-state index is 12.7. The minimum Gasteiger partial charge on any atom is -0.497 e. The smallest absolute Gasteiger partial charge is 0.267 e. The molecule has 6 heteroatoms. The van der Waals surface area contributed by atoms with Crippen LogP contribution in [0.1, 0.15) is 27.2 Å². The fraction of sp³-hybridized carbons (Fsp3) is 0.167. The summed E-state index contributed by atoms with van der Waals surface area (Å²) < 4.78 is 5.24. The van der Waals surface area contributed by atoms with Crippen LogP contribution in [0.25, 0.3) is 6.08 Å². The first-order valence-corrected chi connectivity index (χ1v) is 10.6. The summed E-state index contributed by atoms with van der Waals surface area (Å²) >= 11 is 1.50. The van der Waals surface area contributed by atoms with Crippen molar-refractivity contribution in [3.8, 4) is 5.75 Å². The van der Waals surface area contributed by atoms with Gasteiger partial charge in [0.15, 0.2) is 0 Å². The lowest BCUT2D eigenvalue weighted by atomic mass is 10.1. The van der Waals surface area contributed by atoms with Crippen LogP contribution in [-0.2, 0) is 11.2 Å². The molecule has 154 valence electrons. The third kappa shape index (κ3) is 6.32. The molecule has 0 aliphatic rings. The number of carbonyl (C=O) groups excluding carboxylic acids is 2. The van der Waals surface area contributed by atoms with E-state index >= 15 is 0 Å². The number of hydrogen-bond donors (Lipinski definition) is 2. The van der Waals surface area contributed by atoms with E-state index < -0.39 is 0 Å². The molecule has 0 saturated carbocycles. The fourth-order valence-corrected chi connectivity index (χ4v) is 3.53. The highest BCUT2D eigenvalue weighted by atomic mass is 32.1. The lowest BCUT2D eigenvalue weighted by Gasteiger charge is -2.11. The Bertz CT molecular complexity index is 998. The molecule has 0 bridgehead atoms. The van der Waals surface area contributed by atoms with E-state index in [1.165, 1.54) is 11.3 Å². The number of hydrogen-bond acceptors (Lipinski definition) is 4. The van der Waals surface area contributed by atoms with Gasteiger partial charge in [-0.05, 0) is 60.2 Å². The number of carbonyl (C=O) groups is 2. The van der Waals surface area contributed by atoms with Crippen molar-refractivity contribution in [1.29, 1.82) is 0 Å². The molecule has 0 radical (unpaired) electrons. The zero-order valence-corrected chi connectivity index (χ0v) is 17.6. The Morgan fingerprint density at radius 3 is 2.60 bits per heavy atom. The summed E-state index contributed by atoms with van der Waals surface area (Å²) in [6.45, 7) is 0.499. The number of aryl methyl sites for hydroxylation is 1. The highest BCUT2D eigenvalue weighted by Crippen LogP contribution is 2.15. The normalized spacial score (nSPS) is 11.0. The molecule has 0 atom stereocenters. The molecule has 0 fully saturated rings. The molecule has 0 saturated heterocycles. The number of methoxy groups -OCH3 is 1. The number of ether oxygens (including phenoxy) is 1. The monoisotopic (exact) mass is 420 g/mol. The summed E-state index contributed by atoms with van der Waals surface area (Å²) in [5, 5.41) is 7.57. The summed E-state index contributed by atoms with van der Waals surface area (Å²) in [5.41, 5.74) is 1.88. The van der Waals surface area contributed by atoms with Gasteiger partial charge in [-0.15, -0.1) is 11.3 Å². The van der Waals surface area contributed by atoms with Crippen LogP contribution in [0.5, 0.6) is 5.75 Å². The van der Waals surface area contributed by atoms with Crippen molar-refractivity contribution in [3.05, 3.63) is 93.8 Å². The van der Waals surface area contributed by atoms with Gasteiger partial charge in [0, 0.05) is 17.0 Å². The summed E-state index contributed by atoms with van der Waals surface area (Å²) in [4.78, 5) is 26.2. The van der Waals surface area contributed by atoms with Crippen molar-refractivity contribution in [3.63, 3.8) is 0 Å². The summed E-state index contributed by atoms with van der Waals surface area (Å²) in [6.07, 6.45) is 3.29. The van der Waals surface area contributed by atoms with Gasteiger partial charge in [-0.3, -0.25) is 9.59 Å². The van der Waals surface area contributed by atoms with Crippen LogP contribution in [0.3, 0.4) is 0 Å². The molecule has 3 aromatic rings. The van der Waals surface area contributed by atoms with E-state index in [4.69, 9.17) is 4.74 Å². The first-order valence-electron chi connectivity index (χ1n) is 9.68. The van der Waals surface area contributed by atoms with Crippen LogP contribution < -0.4 is 15.4 Å². The lowest BCUT2D eigenvalue weighted by Crippen LogP contribution is -2.35. The molecular weight excluding hydrogens is 396 g/mol. The van der Waals surface area contributed by atoms with Crippen LogP contribution in [-0.4, -0.2) is 25.5 Å². The minimum absolute atomic E-state index is 0.229. The largest absolute Gasteiger partial charge is 0.497 e. The predicted octanol–water partition coefficient (Wildman–Crippen LogP) is 4.28. The number of thiophene rings is 1. The van der Waals surface area contributed by atoms with E-state index in [-0.39, 0.29) is 17.5 Å². The molecule has 3 rings (SSSR count). The Morgan fingerprint density at radius 1 is 1.03 bits per heavy atom. The van der Waals surface area contributed by atoms with Crippen LogP contribution in [0.15, 0.2) is 77.8 Å². The average Bonchev–Trinajstić information content (AvgIpc) is 3.30. The van der Waals surface area contributed by atoms with Crippen LogP contribution in [0.4, 0.5) is 0 Å². The van der Waals surface area contributed by atoms with Gasteiger partial charge in [-0.2, -0.15) is 0 Å². The van der Waals surface area contributed by atoms with Gasteiger partial charge in [0.1, 0.15) is 11.4 Å². The number of amides is 2. The van der Waals surface area contributed by atoms with E-state index in [0.29, 0.717) is 12.1 Å². The first kappa shape index (κ1) is 21.3. The van der Waals surface area contributed by atoms with Crippen LogP contribution in [0.2, 0.25) is 0 Å². The van der Waals surface area contributed by atoms with Gasteiger partial charge in [-0.25, -0.2) is 0 Å². The fourth-order valence-electron chi connectivity index (χ4n) is 2.88. The Balaban J connectivity index is 1.60. The second kappa shape index (κ2) is 11.0. The Hall–Kier alpha value is -3.38. The summed E-state index contributed by atoms with van der Waals surface area (Å²) in [5.74, 6) is 0.199. The molecule has 0 unspecified atom stereocenters. The molecule has 1 heterocycles. The Morgan fingerprint density at radius 2 is 1.87 bits per heavy atom.